The molecule has 21 heavy (non-hydrogen) atoms. The molecule has 0 spiro atoms. The summed E-state index contributed by atoms with van der Waals surface area (Å²) < 4.78 is 5.74. The first kappa shape index (κ1) is 15.0. The lowest BCUT2D eigenvalue weighted by Crippen LogP contribution is -2.45. The van der Waals surface area contributed by atoms with E-state index in [-0.39, 0.29) is 12.1 Å². The van der Waals surface area contributed by atoms with Gasteiger partial charge in [-0.2, -0.15) is 0 Å². The van der Waals surface area contributed by atoms with Gasteiger partial charge in [0.15, 0.2) is 0 Å². The highest BCUT2D eigenvalue weighted by Gasteiger charge is 2.32. The molecule has 3 rings (SSSR count). The van der Waals surface area contributed by atoms with Crippen molar-refractivity contribution in [1.29, 1.82) is 0 Å². The molecule has 0 saturated carbocycles. The molecule has 0 amide bonds. The molecule has 2 atom stereocenters. The largest absolute Gasteiger partial charge is 0.387 e. The van der Waals surface area contributed by atoms with Crippen LogP contribution in [0.2, 0.25) is 0 Å². The Bertz CT molecular complexity index is 454. The van der Waals surface area contributed by atoms with E-state index in [1.54, 1.807) is 0 Å². The molecule has 2 aliphatic rings. The molecular formula is C18H27NO2. The van der Waals surface area contributed by atoms with Gasteiger partial charge >= 0.3 is 0 Å². The van der Waals surface area contributed by atoms with Crippen molar-refractivity contribution in [3.8, 4) is 0 Å². The lowest BCUT2D eigenvalue weighted by atomic mass is 9.96. The third-order valence-electron chi connectivity index (χ3n) is 5.03. The number of aliphatic hydroxyl groups excluding tert-OH is 1. The maximum Gasteiger partial charge on any atom is 0.0947 e. The molecule has 3 nitrogen and oxygen atoms in total. The molecule has 3 heteroatoms. The van der Waals surface area contributed by atoms with Crippen LogP contribution in [-0.4, -0.2) is 41.8 Å². The van der Waals surface area contributed by atoms with Gasteiger partial charge in [0.05, 0.1) is 12.2 Å². The second kappa shape index (κ2) is 6.91. The van der Waals surface area contributed by atoms with Crippen molar-refractivity contribution in [3.05, 3.63) is 35.4 Å². The van der Waals surface area contributed by atoms with Crippen LogP contribution < -0.4 is 0 Å². The second-order valence-electron chi connectivity index (χ2n) is 6.29. The number of nitrogens with zero attached hydrogens (tertiary/aromatic N) is 1. The summed E-state index contributed by atoms with van der Waals surface area (Å²) in [6.45, 7) is 4.98. The van der Waals surface area contributed by atoms with Gasteiger partial charge in [-0.25, -0.2) is 0 Å². The van der Waals surface area contributed by atoms with Gasteiger partial charge in [0.1, 0.15) is 0 Å². The summed E-state index contributed by atoms with van der Waals surface area (Å²) in [7, 11) is 0. The van der Waals surface area contributed by atoms with Crippen molar-refractivity contribution in [2.75, 3.05) is 19.7 Å². The fourth-order valence-electron chi connectivity index (χ4n) is 3.91. The van der Waals surface area contributed by atoms with Crippen molar-refractivity contribution in [2.45, 2.75) is 57.3 Å². The molecule has 0 bridgehead atoms. The molecule has 0 aromatic heterocycles. The number of ether oxygens (including phenoxy) is 1. The van der Waals surface area contributed by atoms with E-state index in [0.29, 0.717) is 6.10 Å². The predicted molar refractivity (Wildman–Crippen MR) is 84.3 cm³/mol. The summed E-state index contributed by atoms with van der Waals surface area (Å²) in [5.74, 6) is 0. The number of fused-ring (bicyclic) bond motifs is 1. The molecule has 1 fully saturated rings. The standard InChI is InChI=1S/C18H27NO2/c1-2-21-15-10-12-19(13-11-15)17-9-5-7-14-6-3-4-8-16(14)18(17)20/h3-4,6,8,15,17-18,20H,2,5,7,9-13H2,1H3. The molecule has 1 heterocycles. The highest BCUT2D eigenvalue weighted by Crippen LogP contribution is 2.33. The summed E-state index contributed by atoms with van der Waals surface area (Å²) in [4.78, 5) is 2.49. The van der Waals surface area contributed by atoms with Crippen LogP contribution in [0.15, 0.2) is 24.3 Å². The van der Waals surface area contributed by atoms with Crippen molar-refractivity contribution < 1.29 is 9.84 Å². The van der Waals surface area contributed by atoms with Gasteiger partial charge in [0.25, 0.3) is 0 Å². The molecule has 1 aliphatic heterocycles. The smallest absolute Gasteiger partial charge is 0.0947 e. The minimum atomic E-state index is -0.340. The Morgan fingerprint density at radius 2 is 1.95 bits per heavy atom. The average Bonchev–Trinajstić information content (AvgIpc) is 2.68. The third-order valence-corrected chi connectivity index (χ3v) is 5.03. The summed E-state index contributed by atoms with van der Waals surface area (Å²) in [6.07, 6.45) is 5.63. The minimum absolute atomic E-state index is 0.274. The van der Waals surface area contributed by atoms with Crippen LogP contribution in [0, 0.1) is 0 Å². The Morgan fingerprint density at radius 1 is 1.19 bits per heavy atom. The maximum atomic E-state index is 10.8. The van der Waals surface area contributed by atoms with E-state index in [1.165, 1.54) is 12.0 Å². The van der Waals surface area contributed by atoms with Crippen LogP contribution >= 0.6 is 0 Å². The topological polar surface area (TPSA) is 32.7 Å². The number of rotatable bonds is 3. The Balaban J connectivity index is 1.69. The SMILES string of the molecule is CCOC1CCN(C2CCCc3ccccc3C2O)CC1. The van der Waals surface area contributed by atoms with Gasteiger partial charge in [-0.3, -0.25) is 4.90 Å². The number of aliphatic hydroxyl groups is 1. The highest BCUT2D eigenvalue weighted by atomic mass is 16.5. The summed E-state index contributed by atoms with van der Waals surface area (Å²) in [5.41, 5.74) is 2.48. The normalized spacial score (nSPS) is 28.1. The zero-order valence-electron chi connectivity index (χ0n) is 13.0. The summed E-state index contributed by atoms with van der Waals surface area (Å²) >= 11 is 0. The van der Waals surface area contributed by atoms with Crippen LogP contribution in [-0.2, 0) is 11.2 Å². The molecule has 0 radical (unpaired) electrons. The third kappa shape index (κ3) is 3.31. The zero-order chi connectivity index (χ0) is 14.7. The fourth-order valence-corrected chi connectivity index (χ4v) is 3.91. The average molecular weight is 289 g/mol. The van der Waals surface area contributed by atoms with E-state index in [0.717, 1.165) is 50.9 Å². The number of hydrogen-bond donors (Lipinski definition) is 1. The van der Waals surface area contributed by atoms with Crippen molar-refractivity contribution in [3.63, 3.8) is 0 Å². The summed E-state index contributed by atoms with van der Waals surface area (Å²) in [5, 5.41) is 10.8. The molecule has 1 aliphatic carbocycles. The Morgan fingerprint density at radius 3 is 2.71 bits per heavy atom. The number of benzene rings is 1. The van der Waals surface area contributed by atoms with Gasteiger partial charge < -0.3 is 9.84 Å². The van der Waals surface area contributed by atoms with Crippen LogP contribution in [0.4, 0.5) is 0 Å². The predicted octanol–water partition coefficient (Wildman–Crippen LogP) is 2.93. The van der Waals surface area contributed by atoms with E-state index in [9.17, 15) is 5.11 Å². The van der Waals surface area contributed by atoms with Gasteiger partial charge in [-0.05, 0) is 50.2 Å². The number of hydrogen-bond acceptors (Lipinski definition) is 3. The lowest BCUT2D eigenvalue weighted by Gasteiger charge is -2.39. The molecular weight excluding hydrogens is 262 g/mol. The zero-order valence-corrected chi connectivity index (χ0v) is 13.0. The number of aryl methyl sites for hydroxylation is 1. The number of piperidine rings is 1. The van der Waals surface area contributed by atoms with E-state index >= 15 is 0 Å². The summed E-state index contributed by atoms with van der Waals surface area (Å²) in [6, 6.07) is 8.68. The van der Waals surface area contributed by atoms with Crippen molar-refractivity contribution >= 4 is 0 Å². The molecule has 2 unspecified atom stereocenters. The van der Waals surface area contributed by atoms with Crippen LogP contribution in [0.3, 0.4) is 0 Å². The molecule has 1 saturated heterocycles. The molecule has 1 aromatic carbocycles. The van der Waals surface area contributed by atoms with Gasteiger partial charge in [-0.1, -0.05) is 24.3 Å². The Kier molecular flexibility index (Phi) is 4.94. The maximum absolute atomic E-state index is 10.8. The van der Waals surface area contributed by atoms with Crippen molar-refractivity contribution in [2.24, 2.45) is 0 Å². The Hall–Kier alpha value is -0.900. The van der Waals surface area contributed by atoms with E-state index < -0.39 is 0 Å². The van der Waals surface area contributed by atoms with Crippen LogP contribution in [0.1, 0.15) is 49.8 Å². The highest BCUT2D eigenvalue weighted by molar-refractivity contribution is 5.31. The molecule has 116 valence electrons. The van der Waals surface area contributed by atoms with E-state index in [1.807, 2.05) is 6.07 Å². The van der Waals surface area contributed by atoms with Crippen LogP contribution in [0.5, 0.6) is 0 Å². The van der Waals surface area contributed by atoms with Gasteiger partial charge in [0.2, 0.25) is 0 Å². The van der Waals surface area contributed by atoms with E-state index in [2.05, 4.69) is 30.0 Å². The van der Waals surface area contributed by atoms with Gasteiger partial charge in [-0.15, -0.1) is 0 Å². The fraction of sp³-hybridized carbons (Fsp3) is 0.667. The second-order valence-corrected chi connectivity index (χ2v) is 6.29. The Labute approximate surface area is 127 Å². The van der Waals surface area contributed by atoms with E-state index in [4.69, 9.17) is 4.74 Å². The lowest BCUT2D eigenvalue weighted by molar-refractivity contribution is -0.0222. The number of likely N-dealkylation sites (tertiary alicyclic amines) is 1. The van der Waals surface area contributed by atoms with Crippen LogP contribution in [0.25, 0.3) is 0 Å². The van der Waals surface area contributed by atoms with Crippen molar-refractivity contribution in [1.82, 2.24) is 4.90 Å². The quantitative estimate of drug-likeness (QED) is 0.869. The first-order valence-electron chi connectivity index (χ1n) is 8.41. The molecule has 1 N–H and O–H groups in total. The monoisotopic (exact) mass is 289 g/mol. The first-order valence-corrected chi connectivity index (χ1v) is 8.41. The first-order chi connectivity index (χ1) is 10.3. The van der Waals surface area contributed by atoms with Gasteiger partial charge in [0, 0.05) is 25.7 Å². The molecule has 1 aromatic rings. The minimum Gasteiger partial charge on any atom is -0.387 e.